The number of aromatic nitrogens is 3. The number of hydrogen-bond acceptors (Lipinski definition) is 7. The normalized spacial score (nSPS) is 15.1. The molecule has 8 heteroatoms. The van der Waals surface area contributed by atoms with Crippen molar-refractivity contribution in [2.45, 2.75) is 13.8 Å². The van der Waals surface area contributed by atoms with Crippen LogP contribution < -0.4 is 10.3 Å². The Balaban J connectivity index is 1.72. The van der Waals surface area contributed by atoms with Crippen LogP contribution in [0.1, 0.15) is 23.9 Å². The van der Waals surface area contributed by atoms with Gasteiger partial charge in [0.05, 0.1) is 31.2 Å². The molecule has 0 radical (unpaired) electrons. The molecule has 1 aliphatic heterocycles. The first-order valence-corrected chi connectivity index (χ1v) is 10.8. The number of rotatable bonds is 7. The summed E-state index contributed by atoms with van der Waals surface area (Å²) in [4.78, 5) is 12.0. The smallest absolute Gasteiger partial charge is 0.164 e. The molecule has 0 amide bonds. The van der Waals surface area contributed by atoms with Gasteiger partial charge in [-0.1, -0.05) is 35.9 Å². The summed E-state index contributed by atoms with van der Waals surface area (Å²) in [5.41, 5.74) is 9.06. The van der Waals surface area contributed by atoms with E-state index in [1.165, 1.54) is 5.56 Å². The van der Waals surface area contributed by atoms with E-state index in [0.717, 1.165) is 47.0 Å². The van der Waals surface area contributed by atoms with Crippen LogP contribution in [0.3, 0.4) is 0 Å². The number of fused-ring (bicyclic) bond motifs is 1. The largest absolute Gasteiger partial charge is 0.381 e. The summed E-state index contributed by atoms with van der Waals surface area (Å²) in [7, 11) is 3.65. The van der Waals surface area contributed by atoms with Crippen molar-refractivity contribution >= 4 is 34.5 Å². The van der Waals surface area contributed by atoms with Gasteiger partial charge in [0.2, 0.25) is 0 Å². The summed E-state index contributed by atoms with van der Waals surface area (Å²) in [5.74, 6) is 1.51. The van der Waals surface area contributed by atoms with Gasteiger partial charge < -0.3 is 18.9 Å². The molecule has 1 aliphatic rings. The lowest BCUT2D eigenvalue weighted by Gasteiger charge is -2.29. The van der Waals surface area contributed by atoms with Gasteiger partial charge in [0.25, 0.3) is 0 Å². The third-order valence-corrected chi connectivity index (χ3v) is 5.50. The van der Waals surface area contributed by atoms with Crippen molar-refractivity contribution in [1.29, 1.82) is 0 Å². The maximum atomic E-state index is 5.55. The van der Waals surface area contributed by atoms with Crippen LogP contribution >= 0.6 is 0 Å². The van der Waals surface area contributed by atoms with Crippen molar-refractivity contribution in [3.05, 3.63) is 53.4 Å². The molecule has 3 heterocycles. The highest BCUT2D eigenvalue weighted by Gasteiger charge is 2.20. The maximum absolute atomic E-state index is 5.55. The monoisotopic (exact) mass is 434 g/mol. The van der Waals surface area contributed by atoms with Crippen molar-refractivity contribution < 1.29 is 9.47 Å². The fourth-order valence-electron chi connectivity index (χ4n) is 3.73. The molecule has 0 saturated carbocycles. The van der Waals surface area contributed by atoms with E-state index in [1.54, 1.807) is 7.11 Å². The fraction of sp³-hybridized carbons (Fsp3) is 0.375. The number of benzene rings is 1. The SMILES string of the molecule is COC/C=C\c1nc2c(N3CCOCC3)cc(N/N=C(\C)c3cccc(C)c3)nc2n1C. The van der Waals surface area contributed by atoms with Crippen molar-refractivity contribution in [3.63, 3.8) is 0 Å². The number of aryl methyl sites for hydroxylation is 2. The van der Waals surface area contributed by atoms with Gasteiger partial charge >= 0.3 is 0 Å². The molecular formula is C24H30N6O2. The molecule has 4 rings (SSSR count). The average molecular weight is 435 g/mol. The summed E-state index contributed by atoms with van der Waals surface area (Å²) in [6.07, 6.45) is 3.91. The predicted octanol–water partition coefficient (Wildman–Crippen LogP) is 3.61. The second-order valence-corrected chi connectivity index (χ2v) is 7.86. The Labute approximate surface area is 188 Å². The summed E-state index contributed by atoms with van der Waals surface area (Å²) < 4.78 is 12.7. The summed E-state index contributed by atoms with van der Waals surface area (Å²) in [5, 5.41) is 4.60. The minimum atomic E-state index is 0.534. The quantitative estimate of drug-likeness (QED) is 0.452. The van der Waals surface area contributed by atoms with E-state index in [0.29, 0.717) is 25.6 Å². The third kappa shape index (κ3) is 4.81. The second-order valence-electron chi connectivity index (χ2n) is 7.86. The van der Waals surface area contributed by atoms with Crippen LogP contribution in [0.4, 0.5) is 11.5 Å². The lowest BCUT2D eigenvalue weighted by molar-refractivity contribution is 0.123. The average Bonchev–Trinajstić information content (AvgIpc) is 3.13. The number of ether oxygens (including phenoxy) is 2. The molecule has 0 aliphatic carbocycles. The van der Waals surface area contributed by atoms with Gasteiger partial charge in [-0.3, -0.25) is 5.43 Å². The molecule has 0 unspecified atom stereocenters. The number of methoxy groups -OCH3 is 1. The molecule has 1 saturated heterocycles. The Morgan fingerprint density at radius 2 is 2.06 bits per heavy atom. The number of anilines is 2. The van der Waals surface area contributed by atoms with E-state index >= 15 is 0 Å². The van der Waals surface area contributed by atoms with E-state index in [2.05, 4.69) is 40.5 Å². The Bertz CT molecular complexity index is 1140. The lowest BCUT2D eigenvalue weighted by Crippen LogP contribution is -2.36. The number of pyridine rings is 1. The van der Waals surface area contributed by atoms with Crippen molar-refractivity contribution in [1.82, 2.24) is 14.5 Å². The molecule has 8 nitrogen and oxygen atoms in total. The molecule has 3 aromatic rings. The first kappa shape index (κ1) is 22.0. The lowest BCUT2D eigenvalue weighted by atomic mass is 10.1. The van der Waals surface area contributed by atoms with Crippen LogP contribution in [0.2, 0.25) is 0 Å². The number of hydrogen-bond donors (Lipinski definition) is 1. The topological polar surface area (TPSA) is 76.8 Å². The van der Waals surface area contributed by atoms with E-state index < -0.39 is 0 Å². The minimum absolute atomic E-state index is 0.534. The van der Waals surface area contributed by atoms with Gasteiger partial charge in [-0.15, -0.1) is 0 Å². The molecule has 0 atom stereocenters. The minimum Gasteiger partial charge on any atom is -0.381 e. The van der Waals surface area contributed by atoms with Crippen LogP contribution in [0.5, 0.6) is 0 Å². The van der Waals surface area contributed by atoms with Crippen LogP contribution in [0, 0.1) is 6.92 Å². The Kier molecular flexibility index (Phi) is 6.82. The Hall–Kier alpha value is -3.23. The highest BCUT2D eigenvalue weighted by atomic mass is 16.5. The van der Waals surface area contributed by atoms with Crippen molar-refractivity contribution in [2.75, 3.05) is 50.3 Å². The number of morpholine rings is 1. The maximum Gasteiger partial charge on any atom is 0.164 e. The zero-order valence-electron chi connectivity index (χ0n) is 19.1. The van der Waals surface area contributed by atoms with Crippen LogP contribution in [0.25, 0.3) is 17.2 Å². The zero-order valence-corrected chi connectivity index (χ0v) is 19.1. The Morgan fingerprint density at radius 3 is 2.81 bits per heavy atom. The first-order chi connectivity index (χ1) is 15.6. The van der Waals surface area contributed by atoms with E-state index in [-0.39, 0.29) is 0 Å². The molecule has 1 fully saturated rings. The van der Waals surface area contributed by atoms with Gasteiger partial charge in [-0.05, 0) is 25.5 Å². The number of imidazole rings is 1. The van der Waals surface area contributed by atoms with Gasteiger partial charge in [-0.25, -0.2) is 9.97 Å². The van der Waals surface area contributed by atoms with Crippen molar-refractivity contribution in [3.8, 4) is 0 Å². The molecule has 1 N–H and O–H groups in total. The molecule has 0 bridgehead atoms. The van der Waals surface area contributed by atoms with Crippen LogP contribution in [-0.2, 0) is 16.5 Å². The fourth-order valence-corrected chi connectivity index (χ4v) is 3.73. The van der Waals surface area contributed by atoms with Gasteiger partial charge in [-0.2, -0.15) is 5.10 Å². The molecule has 168 valence electrons. The number of nitrogens with zero attached hydrogens (tertiary/aromatic N) is 5. The number of nitrogens with one attached hydrogen (secondary N) is 1. The van der Waals surface area contributed by atoms with Crippen LogP contribution in [0.15, 0.2) is 41.5 Å². The zero-order chi connectivity index (χ0) is 22.5. The Morgan fingerprint density at radius 1 is 1.25 bits per heavy atom. The summed E-state index contributed by atoms with van der Waals surface area (Å²) >= 11 is 0. The van der Waals surface area contributed by atoms with Crippen molar-refractivity contribution in [2.24, 2.45) is 12.1 Å². The van der Waals surface area contributed by atoms with E-state index in [4.69, 9.17) is 19.4 Å². The third-order valence-electron chi connectivity index (χ3n) is 5.50. The number of hydrazone groups is 1. The summed E-state index contributed by atoms with van der Waals surface area (Å²) in [6.45, 7) is 7.63. The molecule has 2 aromatic heterocycles. The van der Waals surface area contributed by atoms with Crippen LogP contribution in [-0.4, -0.2) is 60.3 Å². The molecule has 32 heavy (non-hydrogen) atoms. The first-order valence-electron chi connectivity index (χ1n) is 10.8. The van der Waals surface area contributed by atoms with E-state index in [9.17, 15) is 0 Å². The molecular weight excluding hydrogens is 404 g/mol. The second kappa shape index (κ2) is 9.93. The predicted molar refractivity (Wildman–Crippen MR) is 129 cm³/mol. The highest BCUT2D eigenvalue weighted by molar-refractivity contribution is 5.99. The van der Waals surface area contributed by atoms with Gasteiger partial charge in [0, 0.05) is 33.3 Å². The highest BCUT2D eigenvalue weighted by Crippen LogP contribution is 2.29. The van der Waals surface area contributed by atoms with E-state index in [1.807, 2.05) is 42.8 Å². The van der Waals surface area contributed by atoms with Gasteiger partial charge in [0.1, 0.15) is 11.3 Å². The van der Waals surface area contributed by atoms with Gasteiger partial charge in [0.15, 0.2) is 11.5 Å². The standard InChI is InChI=1S/C24H30N6O2/c1-17-7-5-8-19(15-17)18(2)27-28-21-16-20(30-10-13-32-14-11-30)23-24(25-21)29(3)22(26-23)9-6-12-31-4/h5-9,15-16H,10-14H2,1-4H3,(H,25,28)/b9-6-,27-18+. The molecule has 0 spiro atoms. The molecule has 1 aromatic carbocycles. The summed E-state index contributed by atoms with van der Waals surface area (Å²) in [6, 6.07) is 10.3.